The Morgan fingerprint density at radius 3 is 2.00 bits per heavy atom. The van der Waals surface area contributed by atoms with E-state index in [0.717, 1.165) is 32.1 Å². The second-order valence-corrected chi connectivity index (χ2v) is 7.80. The van der Waals surface area contributed by atoms with Crippen LogP contribution in [-0.2, 0) is 23.0 Å². The molecule has 0 aliphatic rings. The van der Waals surface area contributed by atoms with Crippen LogP contribution in [0.2, 0.25) is 0 Å². The van der Waals surface area contributed by atoms with Crippen LogP contribution >= 0.6 is 0 Å². The van der Waals surface area contributed by atoms with Crippen LogP contribution in [-0.4, -0.2) is 18.4 Å². The van der Waals surface area contributed by atoms with Crippen molar-refractivity contribution in [2.24, 2.45) is 0 Å². The fourth-order valence-corrected chi connectivity index (χ4v) is 3.42. The molecule has 0 aromatic heterocycles. The second-order valence-electron chi connectivity index (χ2n) is 6.29. The van der Waals surface area contributed by atoms with E-state index >= 15 is 0 Å². The Morgan fingerprint density at radius 2 is 1.52 bits per heavy atom. The van der Waals surface area contributed by atoms with Crippen molar-refractivity contribution in [3.8, 4) is 5.75 Å². The van der Waals surface area contributed by atoms with Crippen molar-refractivity contribution >= 4 is 10.1 Å². The molecule has 4 nitrogen and oxygen atoms in total. The molecule has 0 fully saturated rings. The van der Waals surface area contributed by atoms with Gasteiger partial charge in [0.15, 0.2) is 5.44 Å². The fourth-order valence-electron chi connectivity index (χ4n) is 2.78. The maximum Gasteiger partial charge on any atom is 1.00 e. The summed E-state index contributed by atoms with van der Waals surface area (Å²) in [5.41, 5.74) is 1.21. The van der Waals surface area contributed by atoms with E-state index in [-0.39, 0.29) is 36.0 Å². The van der Waals surface area contributed by atoms with Crippen LogP contribution in [0.25, 0.3) is 0 Å². The van der Waals surface area contributed by atoms with Crippen LogP contribution in [0.15, 0.2) is 18.2 Å². The standard InChI is InChI=1S/C19H32O4S.Na/c1-4-7-9-11-16-13-14-18(15-17(16)12-10-8-5-2)23-19(6-3)24(20,21)22;/h13-15,19H,4-12H2,1-3H3,(H,20,21,22);/q;+1/p-1. The van der Waals surface area contributed by atoms with Gasteiger partial charge in [0.2, 0.25) is 0 Å². The zero-order valence-corrected chi connectivity index (χ0v) is 19.0. The molecule has 1 atom stereocenters. The van der Waals surface area contributed by atoms with E-state index in [9.17, 15) is 13.0 Å². The molecule has 1 aromatic rings. The molecular formula is C19H31NaO4S. The van der Waals surface area contributed by atoms with E-state index in [1.165, 1.54) is 30.4 Å². The van der Waals surface area contributed by atoms with Crippen LogP contribution in [0.5, 0.6) is 5.75 Å². The summed E-state index contributed by atoms with van der Waals surface area (Å²) in [5.74, 6) is 0.479. The van der Waals surface area contributed by atoms with Gasteiger partial charge in [-0.3, -0.25) is 0 Å². The molecule has 0 N–H and O–H groups in total. The maximum absolute atomic E-state index is 11.2. The average molecular weight is 379 g/mol. The average Bonchev–Trinajstić information content (AvgIpc) is 2.53. The normalized spacial score (nSPS) is 12.5. The van der Waals surface area contributed by atoms with Gasteiger partial charge in [0.1, 0.15) is 15.9 Å². The summed E-state index contributed by atoms with van der Waals surface area (Å²) in [4.78, 5) is 0. The van der Waals surface area contributed by atoms with Crippen LogP contribution in [0.4, 0.5) is 0 Å². The smallest absolute Gasteiger partial charge is 0.745 e. The Balaban J connectivity index is 0.00000576. The fraction of sp³-hybridized carbons (Fsp3) is 0.684. The van der Waals surface area contributed by atoms with E-state index in [1.807, 2.05) is 12.1 Å². The van der Waals surface area contributed by atoms with Gasteiger partial charge in [-0.25, -0.2) is 8.42 Å². The Bertz CT molecular complexity index is 587. The monoisotopic (exact) mass is 378 g/mol. The third kappa shape index (κ3) is 9.43. The Labute approximate surface area is 175 Å². The number of hydrogen-bond acceptors (Lipinski definition) is 4. The van der Waals surface area contributed by atoms with E-state index < -0.39 is 15.6 Å². The molecule has 0 aliphatic carbocycles. The molecule has 25 heavy (non-hydrogen) atoms. The molecule has 0 heterocycles. The van der Waals surface area contributed by atoms with Crippen LogP contribution in [0, 0.1) is 0 Å². The van der Waals surface area contributed by atoms with E-state index in [2.05, 4.69) is 13.8 Å². The van der Waals surface area contributed by atoms with Gasteiger partial charge in [-0.2, -0.15) is 0 Å². The summed E-state index contributed by atoms with van der Waals surface area (Å²) in [7, 11) is -4.45. The van der Waals surface area contributed by atoms with E-state index in [1.54, 1.807) is 13.0 Å². The SMILES string of the molecule is CCCCCc1ccc(OC(CC)S(=O)(=O)[O-])cc1CCCCC.[Na+]. The molecule has 1 rings (SSSR count). The predicted octanol–water partition coefficient (Wildman–Crippen LogP) is 1.82. The first-order valence-corrected chi connectivity index (χ1v) is 10.6. The summed E-state index contributed by atoms with van der Waals surface area (Å²) in [6.07, 6.45) is 9.14. The third-order valence-electron chi connectivity index (χ3n) is 4.20. The second kappa shape index (κ2) is 13.2. The van der Waals surface area contributed by atoms with Crippen molar-refractivity contribution < 1.29 is 47.3 Å². The molecule has 1 aromatic carbocycles. The number of aryl methyl sites for hydroxylation is 2. The van der Waals surface area contributed by atoms with E-state index in [0.29, 0.717) is 5.75 Å². The van der Waals surface area contributed by atoms with Gasteiger partial charge >= 0.3 is 29.6 Å². The van der Waals surface area contributed by atoms with Crippen molar-refractivity contribution in [2.75, 3.05) is 0 Å². The van der Waals surface area contributed by atoms with Gasteiger partial charge in [-0.05, 0) is 55.4 Å². The first-order valence-electron chi connectivity index (χ1n) is 9.15. The van der Waals surface area contributed by atoms with Gasteiger partial charge in [-0.1, -0.05) is 52.5 Å². The van der Waals surface area contributed by atoms with Crippen molar-refractivity contribution in [1.82, 2.24) is 0 Å². The molecule has 138 valence electrons. The Morgan fingerprint density at radius 1 is 0.960 bits per heavy atom. The zero-order valence-electron chi connectivity index (χ0n) is 16.2. The summed E-state index contributed by atoms with van der Waals surface area (Å²) in [5, 5.41) is 0. The van der Waals surface area contributed by atoms with Gasteiger partial charge < -0.3 is 9.29 Å². The Hall–Kier alpha value is -0.0700. The first kappa shape index (κ1) is 24.9. The molecule has 0 saturated carbocycles. The van der Waals surface area contributed by atoms with Crippen molar-refractivity contribution in [3.05, 3.63) is 29.3 Å². The van der Waals surface area contributed by atoms with Gasteiger partial charge in [0.25, 0.3) is 0 Å². The van der Waals surface area contributed by atoms with Crippen molar-refractivity contribution in [3.63, 3.8) is 0 Å². The number of rotatable bonds is 12. The predicted molar refractivity (Wildman–Crippen MR) is 97.3 cm³/mol. The molecule has 1 unspecified atom stereocenters. The number of ether oxygens (including phenoxy) is 1. The van der Waals surface area contributed by atoms with Crippen molar-refractivity contribution in [2.45, 2.75) is 84.0 Å². The number of unbranched alkanes of at least 4 members (excludes halogenated alkanes) is 4. The first-order chi connectivity index (χ1) is 11.4. The summed E-state index contributed by atoms with van der Waals surface area (Å²) >= 11 is 0. The minimum Gasteiger partial charge on any atom is -0.745 e. The topological polar surface area (TPSA) is 66.4 Å². The van der Waals surface area contributed by atoms with Gasteiger partial charge in [0, 0.05) is 0 Å². The molecular weight excluding hydrogens is 347 g/mol. The molecule has 0 spiro atoms. The zero-order chi connectivity index (χ0) is 18.0. The van der Waals surface area contributed by atoms with Crippen LogP contribution < -0.4 is 34.3 Å². The third-order valence-corrected chi connectivity index (χ3v) is 5.27. The van der Waals surface area contributed by atoms with Gasteiger partial charge in [0.05, 0.1) is 0 Å². The largest absolute Gasteiger partial charge is 1.00 e. The van der Waals surface area contributed by atoms with Crippen LogP contribution in [0.3, 0.4) is 0 Å². The molecule has 6 heteroatoms. The molecule has 0 radical (unpaired) electrons. The molecule has 0 saturated heterocycles. The summed E-state index contributed by atoms with van der Waals surface area (Å²) in [6, 6.07) is 5.74. The minimum absolute atomic E-state index is 0. The Kier molecular flexibility index (Phi) is 13.1. The summed E-state index contributed by atoms with van der Waals surface area (Å²) in [6.45, 7) is 6.00. The number of benzene rings is 1. The molecule has 0 amide bonds. The quantitative estimate of drug-likeness (QED) is 0.316. The maximum atomic E-state index is 11.2. The van der Waals surface area contributed by atoms with Crippen LogP contribution in [0.1, 0.15) is 76.8 Å². The summed E-state index contributed by atoms with van der Waals surface area (Å²) < 4.78 is 39.1. The molecule has 0 bridgehead atoms. The minimum atomic E-state index is -4.45. The molecule has 0 aliphatic heterocycles. The van der Waals surface area contributed by atoms with Crippen molar-refractivity contribution in [1.29, 1.82) is 0 Å². The number of hydrogen-bond donors (Lipinski definition) is 0. The van der Waals surface area contributed by atoms with Gasteiger partial charge in [-0.15, -0.1) is 0 Å². The van der Waals surface area contributed by atoms with E-state index in [4.69, 9.17) is 4.74 Å².